The van der Waals surface area contributed by atoms with Gasteiger partial charge >= 0.3 is 0 Å². The topological polar surface area (TPSA) is 29.5 Å². The summed E-state index contributed by atoms with van der Waals surface area (Å²) in [6.45, 7) is 11.6. The number of ketones is 1. The van der Waals surface area contributed by atoms with E-state index < -0.39 is 0 Å². The first kappa shape index (κ1) is 50.4. The van der Waals surface area contributed by atoms with Crippen molar-refractivity contribution in [3.63, 3.8) is 0 Å². The van der Waals surface area contributed by atoms with Crippen molar-refractivity contribution in [2.45, 2.75) is 76.7 Å². The number of rotatable bonds is 0. The lowest BCUT2D eigenvalue weighted by atomic mass is 10.6. The molecule has 0 saturated carbocycles. The van der Waals surface area contributed by atoms with Gasteiger partial charge in [-0.25, -0.2) is 0 Å². The molecule has 0 spiro atoms. The van der Waals surface area contributed by atoms with Gasteiger partial charge in [-0.3, -0.25) is 0 Å². The van der Waals surface area contributed by atoms with E-state index in [2.05, 4.69) is 32.4 Å². The smallest absolute Gasteiger partial charge is 0.126 e. The fourth-order valence-corrected chi connectivity index (χ4v) is 0. The predicted molar refractivity (Wildman–Crippen MR) is 101 cm³/mol. The van der Waals surface area contributed by atoms with Crippen LogP contribution in [0, 0.1) is 0 Å². The van der Waals surface area contributed by atoms with E-state index in [0.29, 0.717) is 0 Å². The molecule has 0 aromatic heterocycles. The summed E-state index contributed by atoms with van der Waals surface area (Å²) in [7, 11) is 9.25. The molecule has 0 fully saturated rings. The average Bonchev–Trinajstić information content (AvgIpc) is 2.03. The van der Waals surface area contributed by atoms with Crippen LogP contribution in [0.3, 0.4) is 0 Å². The van der Waals surface area contributed by atoms with Crippen LogP contribution in [0.2, 0.25) is 0 Å². The van der Waals surface area contributed by atoms with Crippen molar-refractivity contribution < 1.29 is 9.53 Å². The van der Waals surface area contributed by atoms with Gasteiger partial charge in [0.25, 0.3) is 0 Å². The Morgan fingerprint density at radius 3 is 0.800 bits per heavy atom. The van der Waals surface area contributed by atoms with Crippen LogP contribution in [0.1, 0.15) is 76.7 Å². The van der Waals surface area contributed by atoms with E-state index in [-0.39, 0.29) is 28.1 Å². The zero-order valence-corrected chi connectivity index (χ0v) is 14.2. The van der Waals surface area contributed by atoms with Crippen molar-refractivity contribution in [3.8, 4) is 0 Å². The minimum Gasteiger partial charge on any atom is -0.388 e. The van der Waals surface area contributed by atoms with Gasteiger partial charge in [0.1, 0.15) is 5.78 Å². The molecule has 0 N–H and O–H groups in total. The second-order valence-electron chi connectivity index (χ2n) is 4.07. The molecule has 0 unspecified atom stereocenters. The SMILES string of the molecule is C.C.C.CC(C)=O.CCC.CCC.CN(C)C.COC. The van der Waals surface area contributed by atoms with Crippen molar-refractivity contribution in [1.82, 2.24) is 4.90 Å². The van der Waals surface area contributed by atoms with Crippen LogP contribution in [0.25, 0.3) is 0 Å². The highest BCUT2D eigenvalue weighted by Gasteiger charge is 1.62. The summed E-state index contributed by atoms with van der Waals surface area (Å²) >= 11 is 0. The summed E-state index contributed by atoms with van der Waals surface area (Å²) in [5.74, 6) is 0.167. The van der Waals surface area contributed by atoms with Crippen LogP contribution in [0.4, 0.5) is 0 Å². The van der Waals surface area contributed by atoms with Gasteiger partial charge in [-0.15, -0.1) is 0 Å². The Balaban J connectivity index is -0.0000000146. The molecule has 0 aromatic carbocycles. The zero-order chi connectivity index (χ0) is 15.3. The molecular formula is C17H49NO2. The quantitative estimate of drug-likeness (QED) is 0.568. The summed E-state index contributed by atoms with van der Waals surface area (Å²) in [5, 5.41) is 0. The highest BCUT2D eigenvalue weighted by atomic mass is 16.4. The summed E-state index contributed by atoms with van der Waals surface area (Å²) in [5.41, 5.74) is 0. The monoisotopic (exact) mass is 299 g/mol. The Labute approximate surface area is 133 Å². The number of Topliss-reactive ketones (excluding diaryl/α,β-unsaturated/α-hetero) is 1. The number of carbonyl (C=O) groups is 1. The number of nitrogens with zero attached hydrogens (tertiary/aromatic N) is 1. The Morgan fingerprint density at radius 2 is 0.800 bits per heavy atom. The standard InChI is InChI=1S/C3H9N.C3H6O.2C3H8.C2H6O.3CH4/c1-4(2)3;1-3(2)4;3*1-3-2;;;/h1-3H3;1-2H3;2*3H2,1-2H3;1-2H3;3*1H4. The first-order chi connectivity index (χ1) is 7.71. The van der Waals surface area contributed by atoms with Gasteiger partial charge in [-0.1, -0.05) is 62.8 Å². The molecule has 0 heterocycles. The van der Waals surface area contributed by atoms with Crippen LogP contribution >= 0.6 is 0 Å². The van der Waals surface area contributed by atoms with Gasteiger partial charge in [0, 0.05) is 14.2 Å². The van der Waals surface area contributed by atoms with E-state index in [1.54, 1.807) is 14.2 Å². The molecule has 3 nitrogen and oxygen atoms in total. The second kappa shape index (κ2) is 78.0. The molecule has 0 radical (unpaired) electrons. The first-order valence-corrected chi connectivity index (χ1v) is 6.19. The molecule has 0 atom stereocenters. The maximum absolute atomic E-state index is 9.44. The van der Waals surface area contributed by atoms with Crippen LogP contribution in [-0.4, -0.2) is 46.0 Å². The normalized spacial score (nSPS) is 5.80. The van der Waals surface area contributed by atoms with E-state index in [0.717, 1.165) is 0 Å². The van der Waals surface area contributed by atoms with Crippen LogP contribution < -0.4 is 0 Å². The van der Waals surface area contributed by atoms with E-state index in [1.165, 1.54) is 26.7 Å². The van der Waals surface area contributed by atoms with Crippen LogP contribution in [0.15, 0.2) is 0 Å². The number of hydrogen-bond donors (Lipinski definition) is 0. The fraction of sp³-hybridized carbons (Fsp3) is 0.941. The lowest BCUT2D eigenvalue weighted by molar-refractivity contribution is -0.114. The molecule has 0 bridgehead atoms. The molecule has 0 aliphatic heterocycles. The Morgan fingerprint density at radius 1 is 0.800 bits per heavy atom. The number of methoxy groups -OCH3 is 1. The van der Waals surface area contributed by atoms with Crippen molar-refractivity contribution in [3.05, 3.63) is 0 Å². The van der Waals surface area contributed by atoms with E-state index >= 15 is 0 Å². The predicted octanol–water partition coefficient (Wildman–Crippen LogP) is 5.78. The summed E-state index contributed by atoms with van der Waals surface area (Å²) in [4.78, 5) is 11.4. The minimum atomic E-state index is 0. The number of carbonyl (C=O) groups excluding carboxylic acids is 1. The minimum absolute atomic E-state index is 0. The molecule has 20 heavy (non-hydrogen) atoms. The highest BCUT2D eigenvalue weighted by Crippen LogP contribution is 1.56. The average molecular weight is 300 g/mol. The number of hydrogen-bond acceptors (Lipinski definition) is 3. The van der Waals surface area contributed by atoms with Gasteiger partial charge in [0.15, 0.2) is 0 Å². The second-order valence-corrected chi connectivity index (χ2v) is 4.07. The van der Waals surface area contributed by atoms with Crippen molar-refractivity contribution in [2.24, 2.45) is 0 Å². The number of ether oxygens (including phenoxy) is 1. The first-order valence-electron chi connectivity index (χ1n) is 6.19. The van der Waals surface area contributed by atoms with Gasteiger partial charge in [0.2, 0.25) is 0 Å². The largest absolute Gasteiger partial charge is 0.388 e. The molecular weight excluding hydrogens is 250 g/mol. The van der Waals surface area contributed by atoms with Crippen molar-refractivity contribution in [2.75, 3.05) is 35.4 Å². The van der Waals surface area contributed by atoms with Crippen molar-refractivity contribution in [1.29, 1.82) is 0 Å². The molecule has 0 rings (SSSR count). The maximum atomic E-state index is 9.44. The Hall–Kier alpha value is -0.410. The lowest BCUT2D eigenvalue weighted by Crippen LogP contribution is -1.99. The van der Waals surface area contributed by atoms with Gasteiger partial charge in [0.05, 0.1) is 0 Å². The molecule has 0 amide bonds. The molecule has 0 saturated heterocycles. The van der Waals surface area contributed by atoms with Gasteiger partial charge in [-0.05, 0) is 35.0 Å². The molecule has 134 valence electrons. The lowest BCUT2D eigenvalue weighted by Gasteiger charge is -1.90. The third kappa shape index (κ3) is 28800. The Kier molecular flexibility index (Phi) is 196. The van der Waals surface area contributed by atoms with E-state index in [9.17, 15) is 4.79 Å². The molecule has 0 aliphatic carbocycles. The van der Waals surface area contributed by atoms with Crippen LogP contribution in [-0.2, 0) is 9.53 Å². The fourth-order valence-electron chi connectivity index (χ4n) is 0. The van der Waals surface area contributed by atoms with Crippen LogP contribution in [0.5, 0.6) is 0 Å². The van der Waals surface area contributed by atoms with Crippen molar-refractivity contribution >= 4 is 5.78 Å². The van der Waals surface area contributed by atoms with Gasteiger partial charge < -0.3 is 14.4 Å². The van der Waals surface area contributed by atoms with Gasteiger partial charge in [-0.2, -0.15) is 0 Å². The third-order valence-electron chi connectivity index (χ3n) is 0. The van der Waals surface area contributed by atoms with E-state index in [4.69, 9.17) is 0 Å². The summed E-state index contributed by atoms with van der Waals surface area (Å²) < 4.78 is 4.25. The third-order valence-corrected chi connectivity index (χ3v) is 0. The Bertz CT molecular complexity index is 83.5. The molecule has 0 aromatic rings. The maximum Gasteiger partial charge on any atom is 0.126 e. The molecule has 3 heteroatoms. The summed E-state index contributed by atoms with van der Waals surface area (Å²) in [6.07, 6.45) is 2.50. The highest BCUT2D eigenvalue weighted by molar-refractivity contribution is 5.72. The van der Waals surface area contributed by atoms with E-state index in [1.807, 2.05) is 26.0 Å². The molecule has 0 aliphatic rings. The zero-order valence-electron chi connectivity index (χ0n) is 14.2. The summed E-state index contributed by atoms with van der Waals surface area (Å²) in [6, 6.07) is 0.